The number of aliphatic hydroxyl groups is 1. The van der Waals surface area contributed by atoms with Gasteiger partial charge in [0.05, 0.1) is 23.5 Å². The van der Waals surface area contributed by atoms with Crippen LogP contribution in [0.15, 0.2) is 52.2 Å². The first-order valence-corrected chi connectivity index (χ1v) is 10.5. The Hall–Kier alpha value is -1.24. The van der Waals surface area contributed by atoms with E-state index in [1.165, 1.54) is 17.8 Å². The van der Waals surface area contributed by atoms with Gasteiger partial charge in [-0.25, -0.2) is 0 Å². The molecule has 4 rings (SSSR count). The van der Waals surface area contributed by atoms with Crippen molar-refractivity contribution in [3.05, 3.63) is 47.4 Å². The van der Waals surface area contributed by atoms with Crippen molar-refractivity contribution in [2.75, 3.05) is 57.3 Å². The molecule has 6 heteroatoms. The number of hydrogen-bond donors (Lipinski definition) is 1. The summed E-state index contributed by atoms with van der Waals surface area (Å²) in [7, 11) is 0. The van der Waals surface area contributed by atoms with Crippen LogP contribution in [-0.2, 0) is 0 Å². The minimum absolute atomic E-state index is 0.120. The Morgan fingerprint density at radius 2 is 1.74 bits per heavy atom. The number of aliphatic hydroxyl groups excluding tert-OH is 1. The first kappa shape index (κ1) is 14.7. The number of para-hydroxylation sites is 1. The smallest absolute Gasteiger partial charge is 0.0661 e. The Morgan fingerprint density at radius 3 is 2.52 bits per heavy atom. The first-order valence-electron chi connectivity index (χ1n) is 11.3. The lowest BCUT2D eigenvalue weighted by Gasteiger charge is -2.36. The van der Waals surface area contributed by atoms with Crippen LogP contribution in [0.4, 0.5) is 11.4 Å². The molecule has 0 atom stereocenters. The number of rotatable bonds is 6. The van der Waals surface area contributed by atoms with Gasteiger partial charge >= 0.3 is 0 Å². The third-order valence-electron chi connectivity index (χ3n) is 5.03. The van der Waals surface area contributed by atoms with Gasteiger partial charge in [-0.3, -0.25) is 4.90 Å². The van der Waals surface area contributed by atoms with Gasteiger partial charge in [-0.05, 0) is 43.2 Å². The van der Waals surface area contributed by atoms with Gasteiger partial charge in [-0.1, -0.05) is 35.5 Å². The number of benzene rings is 2. The van der Waals surface area contributed by atoms with Gasteiger partial charge in [0, 0.05) is 54.1 Å². The van der Waals surface area contributed by atoms with Crippen LogP contribution >= 0.6 is 23.4 Å². The molecule has 0 spiro atoms. The van der Waals surface area contributed by atoms with Gasteiger partial charge in [0.2, 0.25) is 0 Å². The highest BCUT2D eigenvalue weighted by Crippen LogP contribution is 2.48. The highest BCUT2D eigenvalue weighted by molar-refractivity contribution is 7.99. The maximum atomic E-state index is 9.10. The molecule has 144 valence electrons. The van der Waals surface area contributed by atoms with Gasteiger partial charge in [0.15, 0.2) is 0 Å². The van der Waals surface area contributed by atoms with Gasteiger partial charge in [-0.15, -0.1) is 0 Å². The van der Waals surface area contributed by atoms with Gasteiger partial charge < -0.3 is 14.9 Å². The van der Waals surface area contributed by atoms with Crippen LogP contribution in [0.2, 0.25) is 5.02 Å². The minimum Gasteiger partial charge on any atom is -0.395 e. The van der Waals surface area contributed by atoms with Crippen molar-refractivity contribution in [1.82, 2.24) is 9.80 Å². The number of nitrogens with zero attached hydrogens (tertiary/aromatic N) is 3. The molecule has 1 N–H and O–H groups in total. The lowest BCUT2D eigenvalue weighted by molar-refractivity contribution is 0.112. The average molecular weight is 408 g/mol. The van der Waals surface area contributed by atoms with E-state index >= 15 is 0 Å². The fourth-order valence-electron chi connectivity index (χ4n) is 3.62. The number of anilines is 2. The quantitative estimate of drug-likeness (QED) is 0.783. The van der Waals surface area contributed by atoms with E-state index in [4.69, 9.17) is 22.2 Å². The fourth-order valence-corrected chi connectivity index (χ4v) is 4.77. The number of piperazine rings is 1. The summed E-state index contributed by atoms with van der Waals surface area (Å²) in [4.78, 5) is 8.24. The maximum absolute atomic E-state index is 9.10. The summed E-state index contributed by atoms with van der Waals surface area (Å²) in [6.45, 7) is 6.28. The zero-order chi connectivity index (χ0) is 22.1. The molecular formula is C21H26ClN3OS. The molecule has 1 saturated heterocycles. The van der Waals surface area contributed by atoms with Crippen molar-refractivity contribution in [2.45, 2.75) is 16.2 Å². The monoisotopic (exact) mass is 407 g/mol. The molecule has 0 bridgehead atoms. The maximum Gasteiger partial charge on any atom is 0.0661 e. The summed E-state index contributed by atoms with van der Waals surface area (Å²) in [5.41, 5.74) is 1.36. The standard InChI is InChI=1S/C21H26ClN3OS/c22-17-6-7-21-19(16-17)25(18-4-1-2-5-20(18)27-21)9-3-8-23-10-12-24(13-11-23)14-15-26/h1-2,4-7,16,26H,3,8-15H2/i2D,4D,6D,16D. The summed E-state index contributed by atoms with van der Waals surface area (Å²) in [5.74, 6) is 0. The van der Waals surface area contributed by atoms with Crippen LogP contribution < -0.4 is 4.90 Å². The molecule has 2 heterocycles. The molecule has 4 nitrogen and oxygen atoms in total. The summed E-state index contributed by atoms with van der Waals surface area (Å²) in [6, 6.07) is 5.74. The molecule has 0 amide bonds. The lowest BCUT2D eigenvalue weighted by atomic mass is 10.2. The van der Waals surface area contributed by atoms with Gasteiger partial charge in [0.25, 0.3) is 0 Å². The van der Waals surface area contributed by atoms with Crippen LogP contribution in [0.3, 0.4) is 0 Å². The Bertz CT molecular complexity index is 972. The number of halogens is 1. The Morgan fingerprint density at radius 1 is 1.00 bits per heavy atom. The van der Waals surface area contributed by atoms with E-state index in [9.17, 15) is 0 Å². The van der Waals surface area contributed by atoms with Crippen molar-refractivity contribution in [2.24, 2.45) is 0 Å². The van der Waals surface area contributed by atoms with Gasteiger partial charge in [0.1, 0.15) is 0 Å². The third kappa shape index (κ3) is 4.44. The SMILES string of the molecule is [2H]c1cc([2H])c2c(c1)Sc1cc([2H])c(Cl)c([2H])c1N2CCCN1CCN(CCO)CC1. The van der Waals surface area contributed by atoms with E-state index in [1.54, 1.807) is 12.1 Å². The predicted octanol–water partition coefficient (Wildman–Crippen LogP) is 3.94. The molecule has 0 unspecified atom stereocenters. The highest BCUT2D eigenvalue weighted by atomic mass is 35.5. The van der Waals surface area contributed by atoms with Crippen LogP contribution in [-0.4, -0.2) is 67.3 Å². The van der Waals surface area contributed by atoms with E-state index in [0.717, 1.165) is 55.5 Å². The van der Waals surface area contributed by atoms with Gasteiger partial charge in [-0.2, -0.15) is 0 Å². The lowest BCUT2D eigenvalue weighted by Crippen LogP contribution is -2.47. The second-order valence-electron chi connectivity index (χ2n) is 6.77. The topological polar surface area (TPSA) is 30.0 Å². The zero-order valence-corrected chi connectivity index (χ0v) is 16.7. The third-order valence-corrected chi connectivity index (χ3v) is 6.29. The number of hydrogen-bond acceptors (Lipinski definition) is 5. The van der Waals surface area contributed by atoms with Crippen molar-refractivity contribution in [3.8, 4) is 0 Å². The minimum atomic E-state index is 0.120. The van der Waals surface area contributed by atoms with Crippen LogP contribution in [0.5, 0.6) is 0 Å². The van der Waals surface area contributed by atoms with Crippen LogP contribution in [0.1, 0.15) is 11.9 Å². The largest absolute Gasteiger partial charge is 0.395 e. The number of β-amino-alcohol motifs (C(OH)–C–C–N with tert-alkyl or cyclic N) is 1. The highest BCUT2D eigenvalue weighted by Gasteiger charge is 2.23. The Balaban J connectivity index is 1.55. The second-order valence-corrected chi connectivity index (χ2v) is 8.23. The van der Waals surface area contributed by atoms with E-state index in [-0.39, 0.29) is 35.8 Å². The molecule has 2 aromatic rings. The fraction of sp³-hybridized carbons (Fsp3) is 0.429. The molecule has 0 aliphatic carbocycles. The number of fused-ring (bicyclic) bond motifs is 2. The van der Waals surface area contributed by atoms with E-state index in [0.29, 0.717) is 17.9 Å². The summed E-state index contributed by atoms with van der Waals surface area (Å²) < 4.78 is 33.1. The van der Waals surface area contributed by atoms with E-state index < -0.39 is 0 Å². The van der Waals surface area contributed by atoms with Crippen molar-refractivity contribution >= 4 is 34.7 Å². The average Bonchev–Trinajstić information content (AvgIpc) is 2.72. The summed E-state index contributed by atoms with van der Waals surface area (Å²) >= 11 is 7.65. The Labute approximate surface area is 176 Å². The van der Waals surface area contributed by atoms with Crippen molar-refractivity contribution in [3.63, 3.8) is 0 Å². The molecule has 2 aliphatic rings. The molecule has 1 fully saturated rings. The molecule has 2 aliphatic heterocycles. The summed E-state index contributed by atoms with van der Waals surface area (Å²) in [6.07, 6.45) is 0.852. The first-order chi connectivity index (χ1) is 14.9. The molecule has 0 radical (unpaired) electrons. The molecule has 2 aromatic carbocycles. The van der Waals surface area contributed by atoms with Crippen molar-refractivity contribution in [1.29, 1.82) is 0 Å². The summed E-state index contributed by atoms with van der Waals surface area (Å²) in [5, 5.41) is 9.22. The molecule has 27 heavy (non-hydrogen) atoms. The zero-order valence-electron chi connectivity index (χ0n) is 19.2. The second kappa shape index (κ2) is 8.84. The molecular weight excluding hydrogens is 378 g/mol. The van der Waals surface area contributed by atoms with E-state index in [2.05, 4.69) is 9.80 Å². The Kier molecular flexibility index (Phi) is 4.82. The molecule has 0 aromatic heterocycles. The van der Waals surface area contributed by atoms with Crippen LogP contribution in [0.25, 0.3) is 0 Å². The predicted molar refractivity (Wildman–Crippen MR) is 114 cm³/mol. The van der Waals surface area contributed by atoms with Crippen LogP contribution in [0, 0.1) is 0 Å². The molecule has 0 saturated carbocycles. The van der Waals surface area contributed by atoms with E-state index in [1.807, 2.05) is 4.90 Å². The van der Waals surface area contributed by atoms with Crippen molar-refractivity contribution < 1.29 is 10.6 Å². The normalized spacial score (nSPS) is 19.7.